The molecule has 74 heavy (non-hydrogen) atoms. The first kappa shape index (κ1) is 55.1. The van der Waals surface area contributed by atoms with E-state index in [1.165, 1.54) is 17.0 Å². The average molecular weight is 1020 g/mol. The quantitative estimate of drug-likeness (QED) is 0.0173. The van der Waals surface area contributed by atoms with Gasteiger partial charge in [0.25, 0.3) is 5.69 Å². The van der Waals surface area contributed by atoms with E-state index in [0.717, 1.165) is 22.3 Å². The van der Waals surface area contributed by atoms with Crippen LogP contribution in [0.15, 0.2) is 133 Å². The zero-order valence-electron chi connectivity index (χ0n) is 41.7. The van der Waals surface area contributed by atoms with Crippen LogP contribution in [0.2, 0.25) is 0 Å². The molecule has 0 spiro atoms. The van der Waals surface area contributed by atoms with Crippen LogP contribution >= 0.6 is 0 Å². The molecular weight excluding hydrogens is 953 g/mol. The van der Waals surface area contributed by atoms with Crippen LogP contribution in [-0.2, 0) is 43.5 Å². The minimum atomic E-state index is -1.66. The van der Waals surface area contributed by atoms with E-state index in [1.54, 1.807) is 30.3 Å². The fraction of sp³-hybridized carbons (Fsp3) is 0.446. The molecule has 18 heteroatoms. The first-order valence-electron chi connectivity index (χ1n) is 25.4. The lowest BCUT2D eigenvalue weighted by Gasteiger charge is -2.59. The molecule has 1 aliphatic heterocycles. The highest BCUT2D eigenvalue weighted by atomic mass is 16.7. The number of non-ortho nitro benzene ring substituents is 1. The average Bonchev–Trinajstić information content (AvgIpc) is 3.41. The lowest BCUT2D eigenvalue weighted by atomic mass is 9.55. The summed E-state index contributed by atoms with van der Waals surface area (Å²) in [5.74, 6) is -2.35. The zero-order valence-corrected chi connectivity index (χ0v) is 41.7. The van der Waals surface area contributed by atoms with Crippen molar-refractivity contribution in [1.82, 2.24) is 10.2 Å². The molecule has 6 unspecified atom stereocenters. The van der Waals surface area contributed by atoms with Gasteiger partial charge in [0, 0.05) is 56.3 Å². The van der Waals surface area contributed by atoms with Gasteiger partial charge in [-0.05, 0) is 90.1 Å². The van der Waals surface area contributed by atoms with E-state index >= 15 is 0 Å². The second kappa shape index (κ2) is 28.1. The lowest BCUT2D eigenvalue weighted by Crippen LogP contribution is -2.70. The Bertz CT molecular complexity index is 2490. The topological polar surface area (TPSA) is 230 Å². The predicted molar refractivity (Wildman–Crippen MR) is 274 cm³/mol. The van der Waals surface area contributed by atoms with E-state index in [1.807, 2.05) is 66.7 Å². The van der Waals surface area contributed by atoms with Gasteiger partial charge >= 0.3 is 12.2 Å². The molecule has 1 fully saturated rings. The smallest absolute Gasteiger partial charge is 0.412 e. The van der Waals surface area contributed by atoms with Crippen molar-refractivity contribution < 1.29 is 63.1 Å². The number of allylic oxidation sites excluding steroid dienone is 1. The van der Waals surface area contributed by atoms with Crippen LogP contribution in [0, 0.1) is 27.9 Å². The number of nitrogens with zero attached hydrogens (tertiary/aromatic N) is 3. The molecule has 0 radical (unpaired) electrons. The van der Waals surface area contributed by atoms with E-state index in [4.69, 9.17) is 38.4 Å². The second-order valence-corrected chi connectivity index (χ2v) is 18.4. The maximum absolute atomic E-state index is 14.8. The summed E-state index contributed by atoms with van der Waals surface area (Å²) < 4.78 is 38.0. The first-order chi connectivity index (χ1) is 36.2. The van der Waals surface area contributed by atoms with Crippen LogP contribution in [0.1, 0.15) is 73.1 Å². The number of ether oxygens (including phenoxy) is 6. The third-order valence-corrected chi connectivity index (χ3v) is 13.6. The Kier molecular flexibility index (Phi) is 20.9. The molecule has 2 aliphatic carbocycles. The van der Waals surface area contributed by atoms with Crippen LogP contribution in [0.4, 0.5) is 15.3 Å². The van der Waals surface area contributed by atoms with Crippen LogP contribution in [0.3, 0.4) is 0 Å². The summed E-state index contributed by atoms with van der Waals surface area (Å²) in [6, 6.07) is 29.3. The molecule has 6 atom stereocenters. The summed E-state index contributed by atoms with van der Waals surface area (Å²) in [5, 5.41) is 48.8. The summed E-state index contributed by atoms with van der Waals surface area (Å²) in [5.41, 5.74) is 4.40. The van der Waals surface area contributed by atoms with Crippen molar-refractivity contribution in [3.05, 3.63) is 160 Å². The molecule has 1 saturated carbocycles. The molecule has 3 aliphatic rings. The van der Waals surface area contributed by atoms with E-state index in [-0.39, 0.29) is 102 Å². The maximum atomic E-state index is 14.8. The number of benzene rings is 4. The van der Waals surface area contributed by atoms with E-state index < -0.39 is 40.8 Å². The molecule has 0 aromatic heterocycles. The largest absolute Gasteiger partial charge is 0.459 e. The molecule has 1 heterocycles. The van der Waals surface area contributed by atoms with Crippen LogP contribution in [0.25, 0.3) is 0 Å². The number of oxime groups is 1. The summed E-state index contributed by atoms with van der Waals surface area (Å²) >= 11 is 0. The monoisotopic (exact) mass is 1020 g/mol. The fourth-order valence-electron chi connectivity index (χ4n) is 10.3. The van der Waals surface area contributed by atoms with Gasteiger partial charge in [-0.3, -0.25) is 15.0 Å². The van der Waals surface area contributed by atoms with Crippen molar-refractivity contribution in [2.75, 3.05) is 59.4 Å². The minimum absolute atomic E-state index is 0.000563. The number of nitrogens with one attached hydrogen (secondary N) is 1. The number of amides is 2. The number of aliphatic hydroxyl groups is 3. The third-order valence-electron chi connectivity index (χ3n) is 13.6. The van der Waals surface area contributed by atoms with Crippen LogP contribution < -0.4 is 14.8 Å². The lowest BCUT2D eigenvalue weighted by molar-refractivity contribution is -0.384. The molecule has 4 N–H and O–H groups in total. The van der Waals surface area contributed by atoms with Crippen molar-refractivity contribution in [3.63, 3.8) is 0 Å². The number of nitro benzene ring substituents is 1. The predicted octanol–water partition coefficient (Wildman–Crippen LogP) is 8.38. The number of carbonyl (C=O) groups is 2. The van der Waals surface area contributed by atoms with Gasteiger partial charge in [-0.2, -0.15) is 0 Å². The molecule has 0 saturated heterocycles. The summed E-state index contributed by atoms with van der Waals surface area (Å²) in [6.07, 6.45) is 6.34. The number of rotatable bonds is 29. The number of unbranched alkanes of at least 4 members (excludes halogenated alkanes) is 2. The van der Waals surface area contributed by atoms with Gasteiger partial charge in [-0.1, -0.05) is 90.8 Å². The van der Waals surface area contributed by atoms with Crippen molar-refractivity contribution in [1.29, 1.82) is 0 Å². The Labute approximate surface area is 431 Å². The van der Waals surface area contributed by atoms with E-state index in [2.05, 4.69) is 18.0 Å². The maximum Gasteiger partial charge on any atom is 0.412 e. The highest BCUT2D eigenvalue weighted by molar-refractivity contribution is 6.03. The SMILES string of the molecule is C=CCOC12Oc3ccc(OC(=O)NCc4ccccc4)cc3C3C(CCCCO)C(CCCCO)C=C(C(=NOCc4ccc([N+](=O)[O-])cc4)CC1N(CCOCCO)C(=O)OCCOCc1ccccc1)C32. The number of carbonyl (C=O) groups excluding carboxylic acids is 2. The number of hydrogen-bond acceptors (Lipinski definition) is 15. The summed E-state index contributed by atoms with van der Waals surface area (Å²) in [7, 11) is 0. The molecule has 4 aromatic carbocycles. The Hall–Kier alpha value is -6.67. The van der Waals surface area contributed by atoms with Gasteiger partial charge in [0.05, 0.1) is 56.2 Å². The van der Waals surface area contributed by atoms with E-state index in [9.17, 15) is 35.0 Å². The summed E-state index contributed by atoms with van der Waals surface area (Å²) in [4.78, 5) is 46.8. The Morgan fingerprint density at radius 1 is 0.838 bits per heavy atom. The first-order valence-corrected chi connectivity index (χ1v) is 25.4. The standard InChI is InChI=1S/C56H68N4O14/c1-2-29-71-56-51(59(25-30-68-31-28-63)55(65)70-33-32-69-38-41-15-7-4-8-16-41)36-49(58-72-39-42-19-21-44(22-20-42)60(66)67)47-34-43(17-9-11-26-61)46(18-10-12-27-62)52(53(47)56)48-35-45(23-24-50(48)74-56)73-54(64)57-37-40-13-5-3-6-14-40/h2-8,13-16,19-24,34-35,43,46,51-53,61-63H,1,9-12,17-18,25-33,36-39H2,(H,57,64). The Morgan fingerprint density at radius 2 is 1.55 bits per heavy atom. The van der Waals surface area contributed by atoms with E-state index in [0.29, 0.717) is 62.2 Å². The fourth-order valence-corrected chi connectivity index (χ4v) is 10.3. The normalized spacial score (nSPS) is 21.0. The molecule has 2 amide bonds. The van der Waals surface area contributed by atoms with Crippen LogP contribution in [-0.4, -0.2) is 114 Å². The van der Waals surface area contributed by atoms with Crippen molar-refractivity contribution in [2.24, 2.45) is 22.9 Å². The Balaban J connectivity index is 1.34. The number of fused-ring (bicyclic) bond motifs is 2. The molecular formula is C56H68N4O14. The van der Waals surface area contributed by atoms with Gasteiger partial charge in [0.2, 0.25) is 5.79 Å². The highest BCUT2D eigenvalue weighted by Gasteiger charge is 2.65. The third kappa shape index (κ3) is 14.3. The molecule has 7 rings (SSSR count). The zero-order chi connectivity index (χ0) is 52.1. The van der Waals surface area contributed by atoms with Gasteiger partial charge in [0.1, 0.15) is 30.8 Å². The molecule has 4 aromatic rings. The molecule has 0 bridgehead atoms. The number of aliphatic hydroxyl groups excluding tert-OH is 3. The highest BCUT2D eigenvalue weighted by Crippen LogP contribution is 2.62. The Morgan fingerprint density at radius 3 is 2.26 bits per heavy atom. The minimum Gasteiger partial charge on any atom is -0.459 e. The van der Waals surface area contributed by atoms with Gasteiger partial charge in [0.15, 0.2) is 0 Å². The molecule has 396 valence electrons. The second-order valence-electron chi connectivity index (χ2n) is 18.4. The van der Waals surface area contributed by atoms with Gasteiger partial charge in [-0.25, -0.2) is 9.59 Å². The van der Waals surface area contributed by atoms with Crippen molar-refractivity contribution in [2.45, 2.75) is 82.5 Å². The van der Waals surface area contributed by atoms with Crippen LogP contribution in [0.5, 0.6) is 11.5 Å². The number of hydrogen-bond donors (Lipinski definition) is 4. The van der Waals surface area contributed by atoms with Gasteiger partial charge < -0.3 is 53.9 Å². The van der Waals surface area contributed by atoms with Crippen molar-refractivity contribution in [3.8, 4) is 11.5 Å². The summed E-state index contributed by atoms with van der Waals surface area (Å²) in [6.45, 7) is 4.33. The number of nitro groups is 1. The van der Waals surface area contributed by atoms with Crippen molar-refractivity contribution >= 4 is 23.6 Å². The van der Waals surface area contributed by atoms with Gasteiger partial charge in [-0.15, -0.1) is 6.58 Å². The molecule has 18 nitrogen and oxygen atoms in total.